The number of benzene rings is 1. The first-order valence-electron chi connectivity index (χ1n) is 7.31. The number of halogens is 2. The average molecular weight is 328 g/mol. The molecule has 1 amide bonds. The van der Waals surface area contributed by atoms with Crippen molar-refractivity contribution in [1.82, 2.24) is 0 Å². The number of rotatable bonds is 4. The molecule has 0 aromatic heterocycles. The van der Waals surface area contributed by atoms with Crippen LogP contribution in [0, 0.1) is 5.92 Å². The Morgan fingerprint density at radius 1 is 1.19 bits per heavy atom. The average Bonchev–Trinajstić information content (AvgIpc) is 3.10. The second-order valence-corrected chi connectivity index (χ2v) is 6.99. The molecule has 0 spiro atoms. The molecule has 0 saturated heterocycles. The molecular formula is C16H19Cl2NO2. The summed E-state index contributed by atoms with van der Waals surface area (Å²) in [5, 5.41) is 0.0165. The van der Waals surface area contributed by atoms with Gasteiger partial charge in [0.2, 0.25) is 5.91 Å². The summed E-state index contributed by atoms with van der Waals surface area (Å²) in [6.07, 6.45) is 2.26. The molecule has 3 nitrogen and oxygen atoms in total. The van der Waals surface area contributed by atoms with Gasteiger partial charge in [-0.2, -0.15) is 0 Å². The van der Waals surface area contributed by atoms with Gasteiger partial charge in [0.15, 0.2) is 0 Å². The van der Waals surface area contributed by atoms with Crippen molar-refractivity contribution in [3.8, 4) is 0 Å². The highest BCUT2D eigenvalue weighted by Gasteiger charge is 2.48. The minimum Gasteiger partial charge on any atom is -0.379 e. The first kappa shape index (κ1) is 15.1. The first-order chi connectivity index (χ1) is 10.1. The van der Waals surface area contributed by atoms with Crippen molar-refractivity contribution in [3.63, 3.8) is 0 Å². The molecule has 0 heterocycles. The Morgan fingerprint density at radius 2 is 1.86 bits per heavy atom. The van der Waals surface area contributed by atoms with Gasteiger partial charge >= 0.3 is 0 Å². The number of alkyl halides is 2. The second-order valence-electron chi connectivity index (χ2n) is 5.81. The lowest BCUT2D eigenvalue weighted by Gasteiger charge is -2.32. The number of methoxy groups -OCH3 is 1. The molecule has 1 aromatic carbocycles. The molecule has 2 aliphatic carbocycles. The quantitative estimate of drug-likeness (QED) is 0.793. The van der Waals surface area contributed by atoms with Crippen molar-refractivity contribution in [2.45, 2.75) is 42.2 Å². The number of carbonyl (C=O) groups excluding carboxylic acids is 1. The molecule has 0 N–H and O–H groups in total. The molecule has 114 valence electrons. The fourth-order valence-electron chi connectivity index (χ4n) is 3.11. The summed E-state index contributed by atoms with van der Waals surface area (Å²) in [7, 11) is 1.68. The van der Waals surface area contributed by atoms with E-state index in [-0.39, 0.29) is 34.7 Å². The number of nitrogens with zero attached hydrogens (tertiary/aromatic N) is 1. The second kappa shape index (κ2) is 6.15. The van der Waals surface area contributed by atoms with Gasteiger partial charge in [-0.15, -0.1) is 23.2 Å². The summed E-state index contributed by atoms with van der Waals surface area (Å²) >= 11 is 12.4. The van der Waals surface area contributed by atoms with Crippen LogP contribution in [0.15, 0.2) is 30.3 Å². The van der Waals surface area contributed by atoms with Crippen LogP contribution in [-0.4, -0.2) is 35.9 Å². The zero-order chi connectivity index (χ0) is 15.0. The minimum absolute atomic E-state index is 0.0168. The van der Waals surface area contributed by atoms with E-state index in [1.807, 2.05) is 35.2 Å². The molecule has 5 atom stereocenters. The molecule has 3 unspecified atom stereocenters. The van der Waals surface area contributed by atoms with Gasteiger partial charge < -0.3 is 9.64 Å². The van der Waals surface area contributed by atoms with E-state index in [1.54, 1.807) is 7.11 Å². The van der Waals surface area contributed by atoms with Crippen LogP contribution in [0.5, 0.6) is 0 Å². The largest absolute Gasteiger partial charge is 0.379 e. The Kier molecular flexibility index (Phi) is 4.43. The highest BCUT2D eigenvalue weighted by molar-refractivity contribution is 6.25. The SMILES string of the molecule is COC1CC(Cl)CC1N(C(=O)[C@@H]1C[C@H]1Cl)c1ccccc1. The first-order valence-corrected chi connectivity index (χ1v) is 8.18. The fourth-order valence-corrected chi connectivity index (χ4v) is 3.77. The van der Waals surface area contributed by atoms with E-state index in [9.17, 15) is 4.79 Å². The number of hydrogen-bond acceptors (Lipinski definition) is 2. The van der Waals surface area contributed by atoms with Crippen LogP contribution in [0.4, 0.5) is 5.69 Å². The monoisotopic (exact) mass is 327 g/mol. The van der Waals surface area contributed by atoms with Crippen molar-refractivity contribution in [2.24, 2.45) is 5.92 Å². The molecular weight excluding hydrogens is 309 g/mol. The lowest BCUT2D eigenvalue weighted by molar-refractivity contribution is -0.120. The highest BCUT2D eigenvalue weighted by Crippen LogP contribution is 2.41. The van der Waals surface area contributed by atoms with Gasteiger partial charge in [0.1, 0.15) is 0 Å². The summed E-state index contributed by atoms with van der Waals surface area (Å²) in [6.45, 7) is 0. The molecule has 21 heavy (non-hydrogen) atoms. The van der Waals surface area contributed by atoms with Gasteiger partial charge in [-0.05, 0) is 31.4 Å². The predicted octanol–water partition coefficient (Wildman–Crippen LogP) is 3.43. The number of amides is 1. The third-order valence-corrected chi connectivity index (χ3v) is 5.19. The molecule has 5 heteroatoms. The number of anilines is 1. The van der Waals surface area contributed by atoms with Crippen LogP contribution in [0.1, 0.15) is 19.3 Å². The van der Waals surface area contributed by atoms with E-state index >= 15 is 0 Å². The number of carbonyl (C=O) groups is 1. The maximum absolute atomic E-state index is 12.8. The Bertz CT molecular complexity index is 510. The zero-order valence-electron chi connectivity index (χ0n) is 11.9. The Morgan fingerprint density at radius 3 is 2.43 bits per heavy atom. The predicted molar refractivity (Wildman–Crippen MR) is 85.1 cm³/mol. The van der Waals surface area contributed by atoms with Crippen LogP contribution in [0.3, 0.4) is 0 Å². The van der Waals surface area contributed by atoms with E-state index in [4.69, 9.17) is 27.9 Å². The summed E-state index contributed by atoms with van der Waals surface area (Å²) in [4.78, 5) is 14.7. The van der Waals surface area contributed by atoms with Crippen molar-refractivity contribution in [1.29, 1.82) is 0 Å². The van der Waals surface area contributed by atoms with E-state index in [0.29, 0.717) is 0 Å². The van der Waals surface area contributed by atoms with Gasteiger partial charge in [-0.3, -0.25) is 4.79 Å². The third kappa shape index (κ3) is 3.05. The molecule has 2 aliphatic rings. The molecule has 2 saturated carbocycles. The summed E-state index contributed by atoms with van der Waals surface area (Å²) in [5.74, 6) is 0.0257. The Hall–Kier alpha value is -0.770. The maximum atomic E-state index is 12.8. The van der Waals surface area contributed by atoms with Gasteiger partial charge in [-0.25, -0.2) is 0 Å². The molecule has 0 aliphatic heterocycles. The van der Waals surface area contributed by atoms with Crippen molar-refractivity contribution in [2.75, 3.05) is 12.0 Å². The third-order valence-electron chi connectivity index (χ3n) is 4.35. The lowest BCUT2D eigenvalue weighted by atomic mass is 10.1. The lowest BCUT2D eigenvalue weighted by Crippen LogP contribution is -2.46. The molecule has 2 fully saturated rings. The number of ether oxygens (including phenoxy) is 1. The summed E-state index contributed by atoms with van der Waals surface area (Å²) in [6, 6.07) is 9.72. The van der Waals surface area contributed by atoms with E-state index in [1.165, 1.54) is 0 Å². The normalized spacial score (nSPS) is 34.7. The van der Waals surface area contributed by atoms with Crippen molar-refractivity contribution >= 4 is 34.8 Å². The van der Waals surface area contributed by atoms with Crippen molar-refractivity contribution < 1.29 is 9.53 Å². The van der Waals surface area contributed by atoms with Gasteiger partial charge in [0.05, 0.1) is 18.1 Å². The van der Waals surface area contributed by atoms with Gasteiger partial charge in [0.25, 0.3) is 0 Å². The maximum Gasteiger partial charge on any atom is 0.231 e. The zero-order valence-corrected chi connectivity index (χ0v) is 13.4. The fraction of sp³-hybridized carbons (Fsp3) is 0.562. The highest BCUT2D eigenvalue weighted by atomic mass is 35.5. The standard InChI is InChI=1S/C16H19Cl2NO2/c1-21-15-8-10(17)7-14(15)19(11-5-3-2-4-6-11)16(20)12-9-13(12)18/h2-6,10,12-15H,7-9H2,1H3/t10?,12-,13-,14?,15?/m1/s1. The van der Waals surface area contributed by atoms with Crippen LogP contribution in [-0.2, 0) is 9.53 Å². The van der Waals surface area contributed by atoms with Crippen molar-refractivity contribution in [3.05, 3.63) is 30.3 Å². The smallest absolute Gasteiger partial charge is 0.231 e. The Balaban J connectivity index is 1.90. The summed E-state index contributed by atoms with van der Waals surface area (Å²) in [5.41, 5.74) is 0.899. The molecule has 3 rings (SSSR count). The molecule has 0 bridgehead atoms. The molecule has 0 radical (unpaired) electrons. The minimum atomic E-state index is -0.0706. The number of hydrogen-bond donors (Lipinski definition) is 0. The van der Waals surface area contributed by atoms with Crippen LogP contribution in [0.2, 0.25) is 0 Å². The van der Waals surface area contributed by atoms with Crippen LogP contribution >= 0.6 is 23.2 Å². The van der Waals surface area contributed by atoms with Crippen LogP contribution in [0.25, 0.3) is 0 Å². The summed E-state index contributed by atoms with van der Waals surface area (Å²) < 4.78 is 5.56. The van der Waals surface area contributed by atoms with Gasteiger partial charge in [0, 0.05) is 23.6 Å². The topological polar surface area (TPSA) is 29.5 Å². The van der Waals surface area contributed by atoms with E-state index in [2.05, 4.69) is 0 Å². The Labute approximate surface area is 135 Å². The molecule has 1 aromatic rings. The number of para-hydroxylation sites is 1. The van der Waals surface area contributed by atoms with Gasteiger partial charge in [-0.1, -0.05) is 18.2 Å². The van der Waals surface area contributed by atoms with E-state index < -0.39 is 0 Å². The van der Waals surface area contributed by atoms with Crippen LogP contribution < -0.4 is 4.90 Å². The van der Waals surface area contributed by atoms with E-state index in [0.717, 1.165) is 24.9 Å².